The molecule has 0 unspecified atom stereocenters. The van der Waals surface area contributed by atoms with Crippen LogP contribution in [0.2, 0.25) is 0 Å². The van der Waals surface area contributed by atoms with Gasteiger partial charge in [-0.05, 0) is 50.1 Å². The molecule has 3 aromatic rings. The Balaban J connectivity index is 1.31. The predicted octanol–water partition coefficient (Wildman–Crippen LogP) is 5.28. The maximum Gasteiger partial charge on any atom is 0.251 e. The minimum atomic E-state index is -0.407. The maximum atomic E-state index is 13.9. The number of ether oxygens (including phenoxy) is 1. The van der Waals surface area contributed by atoms with Crippen molar-refractivity contribution in [3.8, 4) is 17.0 Å². The molecule has 1 amide bonds. The number of rotatable bonds is 5. The summed E-state index contributed by atoms with van der Waals surface area (Å²) in [4.78, 5) is 21.8. The highest BCUT2D eigenvalue weighted by molar-refractivity contribution is 7.09. The van der Waals surface area contributed by atoms with E-state index in [0.717, 1.165) is 47.9 Å². The summed E-state index contributed by atoms with van der Waals surface area (Å²) in [6.07, 6.45) is 5.23. The van der Waals surface area contributed by atoms with E-state index < -0.39 is 5.54 Å². The Hall–Kier alpha value is -3.03. The van der Waals surface area contributed by atoms with Gasteiger partial charge in [0.2, 0.25) is 0 Å². The van der Waals surface area contributed by atoms with Crippen molar-refractivity contribution in [1.82, 2.24) is 9.88 Å². The zero-order chi connectivity index (χ0) is 23.0. The van der Waals surface area contributed by atoms with Crippen LogP contribution in [0.15, 0.2) is 66.1 Å². The zero-order valence-corrected chi connectivity index (χ0v) is 19.5. The third-order valence-corrected chi connectivity index (χ3v) is 7.46. The topological polar surface area (TPSA) is 45.7 Å². The lowest BCUT2D eigenvalue weighted by Crippen LogP contribution is -2.56. The van der Waals surface area contributed by atoms with Crippen LogP contribution in [-0.2, 0) is 11.3 Å². The predicted molar refractivity (Wildman–Crippen MR) is 129 cm³/mol. The third-order valence-electron chi connectivity index (χ3n) is 6.63. The van der Waals surface area contributed by atoms with Gasteiger partial charge in [0.05, 0.1) is 24.9 Å². The molecule has 2 aromatic carbocycles. The number of aromatic nitrogens is 1. The number of carbonyl (C=O) groups excluding carboxylic acids is 1. The molecule has 0 aliphatic carbocycles. The van der Waals surface area contributed by atoms with Gasteiger partial charge in [0.15, 0.2) is 0 Å². The Morgan fingerprint density at radius 1 is 1.24 bits per heavy atom. The van der Waals surface area contributed by atoms with E-state index in [1.807, 2.05) is 36.4 Å². The molecule has 0 saturated carbocycles. The van der Waals surface area contributed by atoms with Gasteiger partial charge in [-0.25, -0.2) is 9.37 Å². The lowest BCUT2D eigenvalue weighted by Gasteiger charge is -2.47. The number of nitrogens with zero attached hydrogens (tertiary/aromatic N) is 3. The van der Waals surface area contributed by atoms with Crippen LogP contribution in [0.1, 0.15) is 24.8 Å². The van der Waals surface area contributed by atoms with Gasteiger partial charge < -0.3 is 4.74 Å². The second-order valence-electron chi connectivity index (χ2n) is 8.72. The van der Waals surface area contributed by atoms with Crippen molar-refractivity contribution in [1.29, 1.82) is 0 Å². The van der Waals surface area contributed by atoms with E-state index in [1.165, 1.54) is 12.1 Å². The number of hydrogen-bond acceptors (Lipinski definition) is 5. The molecule has 0 N–H and O–H groups in total. The first-order chi connectivity index (χ1) is 16.0. The summed E-state index contributed by atoms with van der Waals surface area (Å²) in [5, 5.41) is 3.15. The number of benzene rings is 2. The van der Waals surface area contributed by atoms with E-state index in [1.54, 1.807) is 35.5 Å². The van der Waals surface area contributed by atoms with Crippen LogP contribution in [0, 0.1) is 5.82 Å². The van der Waals surface area contributed by atoms with Crippen LogP contribution in [0.25, 0.3) is 11.3 Å². The fraction of sp³-hybridized carbons (Fsp3) is 0.308. The minimum Gasteiger partial charge on any atom is -0.497 e. The molecule has 5 nitrogen and oxygen atoms in total. The smallest absolute Gasteiger partial charge is 0.251 e. The standard InChI is InChI=1S/C26H26FN3O2S/c1-18-15-26(10-9-25(31)30(26)21-7-4-6-20(27)14-21)11-12-29(18)16-24-28-23(17-33-24)19-5-3-8-22(13-19)32-2/h3-10,13-14,17-18H,11-12,15-16H2,1-2H3/t18-,26+/m1/s1. The summed E-state index contributed by atoms with van der Waals surface area (Å²) in [5.74, 6) is 0.409. The number of halogens is 1. The summed E-state index contributed by atoms with van der Waals surface area (Å²) in [6, 6.07) is 14.5. The van der Waals surface area contributed by atoms with Gasteiger partial charge in [-0.15, -0.1) is 11.3 Å². The van der Waals surface area contributed by atoms with Crippen molar-refractivity contribution in [3.63, 3.8) is 0 Å². The lowest BCUT2D eigenvalue weighted by molar-refractivity contribution is -0.114. The van der Waals surface area contributed by atoms with Crippen molar-refractivity contribution < 1.29 is 13.9 Å². The highest BCUT2D eigenvalue weighted by Gasteiger charge is 2.46. The monoisotopic (exact) mass is 463 g/mol. The number of carbonyl (C=O) groups is 1. The molecule has 0 bridgehead atoms. The van der Waals surface area contributed by atoms with Crippen molar-refractivity contribution in [2.45, 2.75) is 37.9 Å². The van der Waals surface area contributed by atoms with E-state index in [-0.39, 0.29) is 17.8 Å². The molecule has 2 atom stereocenters. The molecule has 1 fully saturated rings. The van der Waals surface area contributed by atoms with Crippen molar-refractivity contribution in [2.24, 2.45) is 0 Å². The van der Waals surface area contributed by atoms with Crippen molar-refractivity contribution in [2.75, 3.05) is 18.6 Å². The second kappa shape index (κ2) is 8.72. The molecule has 33 heavy (non-hydrogen) atoms. The van der Waals surface area contributed by atoms with E-state index in [4.69, 9.17) is 9.72 Å². The molecule has 1 aromatic heterocycles. The third kappa shape index (κ3) is 4.18. The summed E-state index contributed by atoms with van der Waals surface area (Å²) < 4.78 is 19.2. The van der Waals surface area contributed by atoms with Gasteiger partial charge in [-0.1, -0.05) is 24.3 Å². The second-order valence-corrected chi connectivity index (χ2v) is 9.67. The number of likely N-dealkylation sites (tertiary alicyclic amines) is 1. The summed E-state index contributed by atoms with van der Waals surface area (Å²) in [6.45, 7) is 3.79. The first-order valence-electron chi connectivity index (χ1n) is 11.1. The van der Waals surface area contributed by atoms with Crippen LogP contribution in [0.5, 0.6) is 5.75 Å². The summed E-state index contributed by atoms with van der Waals surface area (Å²) >= 11 is 1.66. The van der Waals surface area contributed by atoms with Crippen molar-refractivity contribution in [3.05, 3.63) is 76.9 Å². The largest absolute Gasteiger partial charge is 0.497 e. The SMILES string of the molecule is COc1cccc(-c2csc(CN3CC[C@@]4(C=CC(=O)N4c4cccc(F)c4)C[C@H]3C)n2)c1. The van der Waals surface area contributed by atoms with Crippen molar-refractivity contribution >= 4 is 22.9 Å². The van der Waals surface area contributed by atoms with E-state index >= 15 is 0 Å². The van der Waals surface area contributed by atoms with Crippen LogP contribution >= 0.6 is 11.3 Å². The maximum absolute atomic E-state index is 13.9. The fourth-order valence-electron chi connectivity index (χ4n) is 4.96. The van der Waals surface area contributed by atoms with Gasteiger partial charge >= 0.3 is 0 Å². The number of thiazole rings is 1. The fourth-order valence-corrected chi connectivity index (χ4v) is 5.78. The Labute approximate surface area is 197 Å². The van der Waals surface area contributed by atoms with Crippen LogP contribution in [0.4, 0.5) is 10.1 Å². The molecule has 2 aliphatic rings. The highest BCUT2D eigenvalue weighted by Crippen LogP contribution is 2.41. The number of methoxy groups -OCH3 is 1. The van der Waals surface area contributed by atoms with Crippen LogP contribution in [0.3, 0.4) is 0 Å². The molecule has 0 radical (unpaired) electrons. The molecule has 2 aliphatic heterocycles. The Morgan fingerprint density at radius 2 is 2.09 bits per heavy atom. The molecule has 170 valence electrons. The molecule has 1 spiro atoms. The lowest BCUT2D eigenvalue weighted by atomic mass is 9.83. The average Bonchev–Trinajstić information content (AvgIpc) is 3.40. The minimum absolute atomic E-state index is 0.0795. The van der Waals surface area contributed by atoms with E-state index in [2.05, 4.69) is 17.2 Å². The van der Waals surface area contributed by atoms with E-state index in [0.29, 0.717) is 5.69 Å². The summed E-state index contributed by atoms with van der Waals surface area (Å²) in [7, 11) is 1.67. The molecular formula is C26H26FN3O2S. The normalized spacial score (nSPS) is 22.9. The van der Waals surface area contributed by atoms with Gasteiger partial charge in [-0.2, -0.15) is 0 Å². The Bertz CT molecular complexity index is 1210. The molecule has 3 heterocycles. The first kappa shape index (κ1) is 21.8. The molecule has 1 saturated heterocycles. The summed E-state index contributed by atoms with van der Waals surface area (Å²) in [5.41, 5.74) is 2.21. The molecule has 7 heteroatoms. The first-order valence-corrected chi connectivity index (χ1v) is 12.0. The molecule has 5 rings (SSSR count). The number of anilines is 1. The van der Waals surface area contributed by atoms with Gasteiger partial charge in [0, 0.05) is 35.3 Å². The van der Waals surface area contributed by atoms with Gasteiger partial charge in [0.25, 0.3) is 5.91 Å². The number of piperidine rings is 1. The highest BCUT2D eigenvalue weighted by atomic mass is 32.1. The van der Waals surface area contributed by atoms with Gasteiger partial charge in [-0.3, -0.25) is 14.6 Å². The quantitative estimate of drug-likeness (QED) is 0.516. The molecular weight excluding hydrogens is 437 g/mol. The Morgan fingerprint density at radius 3 is 2.88 bits per heavy atom. The zero-order valence-electron chi connectivity index (χ0n) is 18.7. The van der Waals surface area contributed by atoms with Gasteiger partial charge in [0.1, 0.15) is 16.6 Å². The Kier molecular flexibility index (Phi) is 5.76. The number of hydrogen-bond donors (Lipinski definition) is 0. The van der Waals surface area contributed by atoms with E-state index in [9.17, 15) is 9.18 Å². The number of amides is 1. The van der Waals surface area contributed by atoms with Crippen LogP contribution < -0.4 is 9.64 Å². The van der Waals surface area contributed by atoms with Crippen LogP contribution in [-0.4, -0.2) is 41.0 Å². The average molecular weight is 464 g/mol.